The van der Waals surface area contributed by atoms with Crippen LogP contribution in [0.25, 0.3) is 0 Å². The molecule has 25 heavy (non-hydrogen) atoms. The average Bonchev–Trinajstić information content (AvgIpc) is 2.58. The maximum absolute atomic E-state index is 12.2. The Labute approximate surface area is 151 Å². The number of benzene rings is 1. The molecule has 1 rings (SSSR count). The van der Waals surface area contributed by atoms with Gasteiger partial charge in [-0.3, -0.25) is 9.59 Å². The molecule has 1 unspecified atom stereocenters. The normalized spacial score (nSPS) is 12.0. The van der Waals surface area contributed by atoms with Crippen molar-refractivity contribution in [3.8, 4) is 0 Å². The van der Waals surface area contributed by atoms with E-state index in [0.717, 1.165) is 18.4 Å². The lowest BCUT2D eigenvalue weighted by Crippen LogP contribution is -2.41. The molecule has 0 aliphatic carbocycles. The number of amides is 1. The molecule has 0 heterocycles. The number of ketones is 1. The zero-order chi connectivity index (χ0) is 18.7. The Kier molecular flexibility index (Phi) is 10.2. The third kappa shape index (κ3) is 8.87. The number of carbonyl (C=O) groups is 2. The zero-order valence-electron chi connectivity index (χ0n) is 14.6. The highest BCUT2D eigenvalue weighted by Gasteiger charge is 2.14. The van der Waals surface area contributed by atoms with Crippen molar-refractivity contribution in [3.05, 3.63) is 29.8 Å². The smallest absolute Gasteiger partial charge is 0.236 e. The lowest BCUT2D eigenvalue weighted by atomic mass is 10.1. The van der Waals surface area contributed by atoms with Gasteiger partial charge in [-0.05, 0) is 57.0 Å². The summed E-state index contributed by atoms with van der Waals surface area (Å²) in [6.45, 7) is 3.49. The standard InChI is InChI=1S/C17H27N3O4S/c1-14(21)13-20(11-3-2-9-18)17(22)12-19-10-8-15-4-6-16(7-5-15)25(23)24/h4-7,19H,2-3,8-13,18H2,1H3,(H,23,24). The molecule has 0 fully saturated rings. The predicted octanol–water partition coefficient (Wildman–Crippen LogP) is 0.556. The monoisotopic (exact) mass is 369 g/mol. The van der Waals surface area contributed by atoms with Crippen LogP contribution in [0.2, 0.25) is 0 Å². The van der Waals surface area contributed by atoms with Crippen LogP contribution in [0.15, 0.2) is 29.2 Å². The van der Waals surface area contributed by atoms with Crippen molar-refractivity contribution in [2.45, 2.75) is 31.1 Å². The maximum atomic E-state index is 12.2. The van der Waals surface area contributed by atoms with Gasteiger partial charge >= 0.3 is 0 Å². The number of nitrogens with zero attached hydrogens (tertiary/aromatic N) is 1. The first kappa shape index (κ1) is 21.4. The number of hydrogen-bond acceptors (Lipinski definition) is 5. The highest BCUT2D eigenvalue weighted by Crippen LogP contribution is 2.07. The molecule has 0 radical (unpaired) electrons. The molecular formula is C17H27N3O4S. The molecule has 140 valence electrons. The van der Waals surface area contributed by atoms with Crippen LogP contribution in [0.4, 0.5) is 0 Å². The second-order valence-corrected chi connectivity index (χ2v) is 6.80. The van der Waals surface area contributed by atoms with E-state index in [0.29, 0.717) is 31.0 Å². The Morgan fingerprint density at radius 1 is 1.24 bits per heavy atom. The molecule has 4 N–H and O–H groups in total. The number of nitrogens with one attached hydrogen (secondary N) is 1. The summed E-state index contributed by atoms with van der Waals surface area (Å²) in [5.74, 6) is -0.138. The van der Waals surface area contributed by atoms with Crippen LogP contribution < -0.4 is 11.1 Å². The molecular weight excluding hydrogens is 342 g/mol. The average molecular weight is 369 g/mol. The molecule has 0 aromatic heterocycles. The third-order valence-electron chi connectivity index (χ3n) is 3.64. The molecule has 0 aliphatic rings. The van der Waals surface area contributed by atoms with Crippen molar-refractivity contribution in [2.24, 2.45) is 5.73 Å². The fraction of sp³-hybridized carbons (Fsp3) is 0.529. The van der Waals surface area contributed by atoms with E-state index in [4.69, 9.17) is 10.3 Å². The molecule has 8 heteroatoms. The van der Waals surface area contributed by atoms with Gasteiger partial charge in [0, 0.05) is 6.54 Å². The van der Waals surface area contributed by atoms with Crippen LogP contribution in [0.1, 0.15) is 25.3 Å². The largest absolute Gasteiger partial charge is 0.334 e. The topological polar surface area (TPSA) is 113 Å². The zero-order valence-corrected chi connectivity index (χ0v) is 15.4. The number of unbranched alkanes of at least 4 members (excludes halogenated alkanes) is 1. The van der Waals surface area contributed by atoms with Crippen LogP contribution in [0, 0.1) is 0 Å². The Morgan fingerprint density at radius 3 is 2.48 bits per heavy atom. The molecule has 1 amide bonds. The van der Waals surface area contributed by atoms with Crippen molar-refractivity contribution >= 4 is 22.8 Å². The third-order valence-corrected chi connectivity index (χ3v) is 4.32. The molecule has 0 saturated heterocycles. The van der Waals surface area contributed by atoms with E-state index in [1.807, 2.05) is 0 Å². The summed E-state index contributed by atoms with van der Waals surface area (Å²) < 4.78 is 19.9. The fourth-order valence-electron chi connectivity index (χ4n) is 2.32. The van der Waals surface area contributed by atoms with Crippen molar-refractivity contribution < 1.29 is 18.4 Å². The molecule has 0 spiro atoms. The van der Waals surface area contributed by atoms with Gasteiger partial charge in [0.1, 0.15) is 5.78 Å². The molecule has 1 atom stereocenters. The number of hydrogen-bond donors (Lipinski definition) is 3. The van der Waals surface area contributed by atoms with Gasteiger partial charge in [-0.15, -0.1) is 0 Å². The summed E-state index contributed by atoms with van der Waals surface area (Å²) in [6.07, 6.45) is 2.31. The summed E-state index contributed by atoms with van der Waals surface area (Å²) in [4.78, 5) is 25.5. The first-order valence-electron chi connectivity index (χ1n) is 8.32. The number of carbonyl (C=O) groups excluding carboxylic acids is 2. The molecule has 0 bridgehead atoms. The van der Waals surface area contributed by atoms with Crippen molar-refractivity contribution in [3.63, 3.8) is 0 Å². The lowest BCUT2D eigenvalue weighted by molar-refractivity contribution is -0.134. The number of Topliss-reactive ketones (excluding diaryl/α,β-unsaturated/α-hetero) is 1. The van der Waals surface area contributed by atoms with E-state index in [-0.39, 0.29) is 24.8 Å². The van der Waals surface area contributed by atoms with Crippen molar-refractivity contribution in [2.75, 3.05) is 32.7 Å². The van der Waals surface area contributed by atoms with Crippen LogP contribution >= 0.6 is 0 Å². The van der Waals surface area contributed by atoms with Crippen molar-refractivity contribution in [1.82, 2.24) is 10.2 Å². The van der Waals surface area contributed by atoms with Crippen LogP contribution in [-0.2, 0) is 27.1 Å². The minimum atomic E-state index is -1.97. The van der Waals surface area contributed by atoms with Crippen LogP contribution in [0.5, 0.6) is 0 Å². The van der Waals surface area contributed by atoms with Gasteiger partial charge in [0.15, 0.2) is 11.1 Å². The van der Waals surface area contributed by atoms with Crippen LogP contribution in [-0.4, -0.2) is 58.1 Å². The second-order valence-electron chi connectivity index (χ2n) is 5.83. The molecule has 1 aromatic carbocycles. The molecule has 7 nitrogen and oxygen atoms in total. The van der Waals surface area contributed by atoms with Gasteiger partial charge in [-0.1, -0.05) is 12.1 Å². The van der Waals surface area contributed by atoms with E-state index >= 15 is 0 Å². The minimum absolute atomic E-state index is 0.0394. The first-order chi connectivity index (χ1) is 11.9. The Balaban J connectivity index is 2.37. The number of nitrogens with two attached hydrogens (primary N) is 1. The lowest BCUT2D eigenvalue weighted by Gasteiger charge is -2.21. The SMILES string of the molecule is CC(=O)CN(CCCCN)C(=O)CNCCc1ccc(S(=O)O)cc1. The minimum Gasteiger partial charge on any atom is -0.334 e. The summed E-state index contributed by atoms with van der Waals surface area (Å²) in [5, 5.41) is 3.08. The highest BCUT2D eigenvalue weighted by molar-refractivity contribution is 7.79. The van der Waals surface area contributed by atoms with Crippen LogP contribution in [0.3, 0.4) is 0 Å². The Bertz CT molecular complexity index is 578. The summed E-state index contributed by atoms with van der Waals surface area (Å²) >= 11 is -1.97. The van der Waals surface area contributed by atoms with E-state index in [2.05, 4.69) is 5.32 Å². The van der Waals surface area contributed by atoms with E-state index in [9.17, 15) is 13.8 Å². The Morgan fingerprint density at radius 2 is 1.92 bits per heavy atom. The van der Waals surface area contributed by atoms with Gasteiger partial charge in [0.25, 0.3) is 0 Å². The van der Waals surface area contributed by atoms with E-state index < -0.39 is 11.1 Å². The van der Waals surface area contributed by atoms with E-state index in [1.54, 1.807) is 29.2 Å². The highest BCUT2D eigenvalue weighted by atomic mass is 32.2. The summed E-state index contributed by atoms with van der Waals surface area (Å²) in [5.41, 5.74) is 6.47. The summed E-state index contributed by atoms with van der Waals surface area (Å²) in [6, 6.07) is 6.81. The van der Waals surface area contributed by atoms with Crippen molar-refractivity contribution in [1.29, 1.82) is 0 Å². The number of rotatable bonds is 12. The maximum Gasteiger partial charge on any atom is 0.236 e. The second kappa shape index (κ2) is 11.9. The molecule has 0 saturated carbocycles. The first-order valence-corrected chi connectivity index (χ1v) is 9.42. The Hall–Kier alpha value is -1.61. The van der Waals surface area contributed by atoms with E-state index in [1.165, 1.54) is 6.92 Å². The van der Waals surface area contributed by atoms with Gasteiger partial charge < -0.3 is 20.5 Å². The van der Waals surface area contributed by atoms with Gasteiger partial charge in [0.05, 0.1) is 18.0 Å². The molecule has 0 aliphatic heterocycles. The quantitative estimate of drug-likeness (QED) is 0.366. The summed E-state index contributed by atoms with van der Waals surface area (Å²) in [7, 11) is 0. The van der Waals surface area contributed by atoms with Gasteiger partial charge in [0.2, 0.25) is 5.91 Å². The van der Waals surface area contributed by atoms with Gasteiger partial charge in [-0.25, -0.2) is 4.21 Å². The molecule has 1 aromatic rings. The fourth-order valence-corrected chi connectivity index (χ4v) is 2.69. The predicted molar refractivity (Wildman–Crippen MR) is 97.6 cm³/mol. The van der Waals surface area contributed by atoms with Gasteiger partial charge in [-0.2, -0.15) is 0 Å².